The average molecular weight is 429 g/mol. The van der Waals surface area contributed by atoms with Crippen LogP contribution < -0.4 is 4.72 Å². The lowest BCUT2D eigenvalue weighted by Crippen LogP contribution is -2.13. The van der Waals surface area contributed by atoms with Gasteiger partial charge in [0.1, 0.15) is 0 Å². The van der Waals surface area contributed by atoms with Gasteiger partial charge in [-0.05, 0) is 52.2 Å². The molecule has 2 N–H and O–H groups in total. The number of nitrogens with one attached hydrogen (secondary N) is 1. The Kier molecular flexibility index (Phi) is 5.56. The maximum absolute atomic E-state index is 13.0. The summed E-state index contributed by atoms with van der Waals surface area (Å²) in [4.78, 5) is 11.3. The third-order valence-corrected chi connectivity index (χ3v) is 6.19. The molecule has 0 amide bonds. The van der Waals surface area contributed by atoms with Crippen molar-refractivity contribution in [3.63, 3.8) is 0 Å². The Balaban J connectivity index is 1.63. The fourth-order valence-corrected chi connectivity index (χ4v) is 4.36. The minimum Gasteiger partial charge on any atom is -0.478 e. The first-order chi connectivity index (χ1) is 14.9. The third-order valence-electron chi connectivity index (χ3n) is 4.83. The number of hydrogen-bond acceptors (Lipinski definition) is 3. The van der Waals surface area contributed by atoms with E-state index >= 15 is 0 Å². The Morgan fingerprint density at radius 1 is 0.774 bits per heavy atom. The van der Waals surface area contributed by atoms with Gasteiger partial charge in [0.25, 0.3) is 10.0 Å². The summed E-state index contributed by atoms with van der Waals surface area (Å²) in [5.41, 5.74) is 1.98. The molecule has 0 unspecified atom stereocenters. The quantitative estimate of drug-likeness (QED) is 0.396. The van der Waals surface area contributed by atoms with Crippen molar-refractivity contribution in [2.75, 3.05) is 4.72 Å². The van der Waals surface area contributed by atoms with Gasteiger partial charge in [0, 0.05) is 0 Å². The number of benzene rings is 4. The molecule has 0 radical (unpaired) electrons. The van der Waals surface area contributed by atoms with Crippen molar-refractivity contribution >= 4 is 44.6 Å². The molecule has 0 heterocycles. The maximum Gasteiger partial charge on any atom is 0.335 e. The van der Waals surface area contributed by atoms with Crippen molar-refractivity contribution in [3.8, 4) is 0 Å². The van der Waals surface area contributed by atoms with Gasteiger partial charge in [-0.25, -0.2) is 13.2 Å². The number of anilines is 1. The molecule has 154 valence electrons. The summed E-state index contributed by atoms with van der Waals surface area (Å²) < 4.78 is 28.6. The van der Waals surface area contributed by atoms with E-state index in [1.807, 2.05) is 24.3 Å². The van der Waals surface area contributed by atoms with Crippen LogP contribution in [0.4, 0.5) is 5.69 Å². The Morgan fingerprint density at radius 3 is 2.32 bits per heavy atom. The number of para-hydroxylation sites is 1. The van der Waals surface area contributed by atoms with Crippen LogP contribution in [0.2, 0.25) is 0 Å². The Morgan fingerprint density at radius 2 is 1.52 bits per heavy atom. The van der Waals surface area contributed by atoms with Crippen LogP contribution >= 0.6 is 0 Å². The second kappa shape index (κ2) is 8.45. The molecule has 4 rings (SSSR count). The normalized spacial score (nSPS) is 11.6. The van der Waals surface area contributed by atoms with Gasteiger partial charge >= 0.3 is 5.97 Å². The number of carbonyl (C=O) groups is 1. The Hall–Kier alpha value is -3.90. The number of rotatable bonds is 6. The molecular formula is C25H19NO4S. The lowest BCUT2D eigenvalue weighted by molar-refractivity contribution is 0.0697. The minimum atomic E-state index is -3.79. The summed E-state index contributed by atoms with van der Waals surface area (Å²) >= 11 is 0. The Labute approximate surface area is 180 Å². The highest BCUT2D eigenvalue weighted by molar-refractivity contribution is 7.92. The molecule has 4 aromatic carbocycles. The molecule has 0 spiro atoms. The van der Waals surface area contributed by atoms with E-state index in [1.165, 1.54) is 6.07 Å². The van der Waals surface area contributed by atoms with Gasteiger partial charge in [0.05, 0.1) is 16.1 Å². The molecule has 0 aromatic heterocycles. The van der Waals surface area contributed by atoms with Gasteiger partial charge in [-0.2, -0.15) is 0 Å². The second-order valence-corrected chi connectivity index (χ2v) is 8.65. The molecule has 4 aromatic rings. The minimum absolute atomic E-state index is 0.180. The predicted octanol–water partition coefficient (Wildman–Crippen LogP) is 5.51. The molecule has 0 fully saturated rings. The molecule has 31 heavy (non-hydrogen) atoms. The van der Waals surface area contributed by atoms with Gasteiger partial charge in [-0.3, -0.25) is 4.72 Å². The predicted molar refractivity (Wildman–Crippen MR) is 124 cm³/mol. The van der Waals surface area contributed by atoms with E-state index in [4.69, 9.17) is 5.11 Å². The Bertz CT molecular complexity index is 1410. The molecule has 5 nitrogen and oxygen atoms in total. The molecule has 6 heteroatoms. The number of hydrogen-bond donors (Lipinski definition) is 2. The molecule has 0 saturated carbocycles. The highest BCUT2D eigenvalue weighted by Gasteiger charge is 2.16. The van der Waals surface area contributed by atoms with Gasteiger partial charge in [-0.1, -0.05) is 72.8 Å². The zero-order valence-electron chi connectivity index (χ0n) is 16.4. The number of aromatic carboxylic acids is 1. The van der Waals surface area contributed by atoms with Crippen molar-refractivity contribution in [1.29, 1.82) is 0 Å². The molecule has 0 atom stereocenters. The summed E-state index contributed by atoms with van der Waals surface area (Å²) in [6.45, 7) is 0. The molecule has 0 bridgehead atoms. The van der Waals surface area contributed by atoms with Gasteiger partial charge in [-0.15, -0.1) is 0 Å². The zero-order valence-corrected chi connectivity index (χ0v) is 17.2. The van der Waals surface area contributed by atoms with E-state index in [0.717, 1.165) is 10.8 Å². The SMILES string of the molecule is O=C(O)c1cccc(/C=C\c2ccccc2NS(=O)(=O)c2ccc3ccccc3c2)c1. The summed E-state index contributed by atoms with van der Waals surface area (Å²) in [6.07, 6.45) is 3.49. The first-order valence-electron chi connectivity index (χ1n) is 9.54. The van der Waals surface area contributed by atoms with Crippen molar-refractivity contribution < 1.29 is 18.3 Å². The summed E-state index contributed by atoms with van der Waals surface area (Å²) in [7, 11) is -3.79. The highest BCUT2D eigenvalue weighted by atomic mass is 32.2. The smallest absolute Gasteiger partial charge is 0.335 e. The molecule has 0 aliphatic rings. The largest absolute Gasteiger partial charge is 0.478 e. The first kappa shape index (κ1) is 20.4. The summed E-state index contributed by atoms with van der Waals surface area (Å²) in [5.74, 6) is -1.00. The van der Waals surface area contributed by atoms with Crippen LogP contribution in [0.15, 0.2) is 95.9 Å². The van der Waals surface area contributed by atoms with Crippen molar-refractivity contribution in [3.05, 3.63) is 108 Å². The average Bonchev–Trinajstić information content (AvgIpc) is 2.78. The summed E-state index contributed by atoms with van der Waals surface area (Å²) in [6, 6.07) is 26.1. The van der Waals surface area contributed by atoms with E-state index in [2.05, 4.69) is 4.72 Å². The van der Waals surface area contributed by atoms with E-state index in [1.54, 1.807) is 72.8 Å². The fourth-order valence-electron chi connectivity index (χ4n) is 3.23. The van der Waals surface area contributed by atoms with Gasteiger partial charge in [0.15, 0.2) is 0 Å². The van der Waals surface area contributed by atoms with E-state index in [9.17, 15) is 13.2 Å². The number of carboxylic acids is 1. The first-order valence-corrected chi connectivity index (χ1v) is 11.0. The van der Waals surface area contributed by atoms with Crippen LogP contribution in [0.25, 0.3) is 22.9 Å². The number of fused-ring (bicyclic) bond motifs is 1. The van der Waals surface area contributed by atoms with Crippen LogP contribution in [0.1, 0.15) is 21.5 Å². The standard InChI is InChI=1S/C25H19NO4S/c27-25(28)22-10-5-6-18(16-22)12-13-20-8-3-4-11-24(20)26-31(29,30)23-15-14-19-7-1-2-9-21(19)17-23/h1-17,26H,(H,27,28)/b13-12-. The van der Waals surface area contributed by atoms with Crippen molar-refractivity contribution in [1.82, 2.24) is 0 Å². The van der Waals surface area contributed by atoms with Crippen LogP contribution in [-0.4, -0.2) is 19.5 Å². The zero-order chi connectivity index (χ0) is 21.8. The highest BCUT2D eigenvalue weighted by Crippen LogP contribution is 2.24. The van der Waals surface area contributed by atoms with Gasteiger partial charge in [0.2, 0.25) is 0 Å². The lowest BCUT2D eigenvalue weighted by atomic mass is 10.1. The van der Waals surface area contributed by atoms with E-state index in [0.29, 0.717) is 16.8 Å². The van der Waals surface area contributed by atoms with Crippen molar-refractivity contribution in [2.45, 2.75) is 4.90 Å². The van der Waals surface area contributed by atoms with Crippen LogP contribution in [0.5, 0.6) is 0 Å². The van der Waals surface area contributed by atoms with Crippen LogP contribution in [-0.2, 0) is 10.0 Å². The maximum atomic E-state index is 13.0. The van der Waals surface area contributed by atoms with Crippen LogP contribution in [0, 0.1) is 0 Å². The molecular weight excluding hydrogens is 410 g/mol. The topological polar surface area (TPSA) is 83.5 Å². The van der Waals surface area contributed by atoms with E-state index in [-0.39, 0.29) is 10.5 Å². The van der Waals surface area contributed by atoms with Crippen molar-refractivity contribution in [2.24, 2.45) is 0 Å². The van der Waals surface area contributed by atoms with Gasteiger partial charge < -0.3 is 5.11 Å². The number of carboxylic acid groups (broad SMARTS) is 1. The molecule has 0 saturated heterocycles. The summed E-state index contributed by atoms with van der Waals surface area (Å²) in [5, 5.41) is 11.0. The molecule has 0 aliphatic heterocycles. The van der Waals surface area contributed by atoms with E-state index < -0.39 is 16.0 Å². The monoisotopic (exact) mass is 429 g/mol. The molecule has 0 aliphatic carbocycles. The lowest BCUT2D eigenvalue weighted by Gasteiger charge is -2.11. The van der Waals surface area contributed by atoms with Crippen LogP contribution in [0.3, 0.4) is 0 Å². The second-order valence-electron chi connectivity index (χ2n) is 6.97. The number of sulfonamides is 1. The fraction of sp³-hybridized carbons (Fsp3) is 0. The third kappa shape index (κ3) is 4.65.